The summed E-state index contributed by atoms with van der Waals surface area (Å²) in [5.74, 6) is 1.94. The third kappa shape index (κ3) is 5.18. The zero-order valence-corrected chi connectivity index (χ0v) is 32.0. The molecular weight excluding hydrogens is 725 g/mol. The summed E-state index contributed by atoms with van der Waals surface area (Å²) in [6.07, 6.45) is 0. The normalized spacial score (nSPS) is 11.8. The molecular formula is C53H32N4S. The van der Waals surface area contributed by atoms with Gasteiger partial charge in [-0.05, 0) is 69.1 Å². The Labute approximate surface area is 338 Å². The largest absolute Gasteiger partial charge is 0.309 e. The van der Waals surface area contributed by atoms with Gasteiger partial charge in [0.15, 0.2) is 17.5 Å². The molecule has 270 valence electrons. The van der Waals surface area contributed by atoms with Crippen molar-refractivity contribution >= 4 is 74.9 Å². The second kappa shape index (κ2) is 13.1. The van der Waals surface area contributed by atoms with Crippen LogP contribution in [0, 0.1) is 0 Å². The fourth-order valence-corrected chi connectivity index (χ4v) is 9.93. The summed E-state index contributed by atoms with van der Waals surface area (Å²) in [5, 5.41) is 10.1. The zero-order chi connectivity index (χ0) is 38.2. The molecule has 0 saturated heterocycles. The highest BCUT2D eigenvalue weighted by Gasteiger charge is 2.21. The minimum absolute atomic E-state index is 0.645. The van der Waals surface area contributed by atoms with Crippen molar-refractivity contribution in [2.45, 2.75) is 0 Å². The van der Waals surface area contributed by atoms with E-state index in [9.17, 15) is 0 Å². The molecule has 0 N–H and O–H groups in total. The summed E-state index contributed by atoms with van der Waals surface area (Å²) in [4.78, 5) is 15.3. The van der Waals surface area contributed by atoms with Gasteiger partial charge in [0.25, 0.3) is 0 Å². The molecule has 0 aliphatic carbocycles. The van der Waals surface area contributed by atoms with Gasteiger partial charge in [-0.25, -0.2) is 15.0 Å². The highest BCUT2D eigenvalue weighted by atomic mass is 32.1. The molecule has 3 aromatic heterocycles. The lowest BCUT2D eigenvalue weighted by Crippen LogP contribution is -2.00. The van der Waals surface area contributed by atoms with Crippen molar-refractivity contribution in [3.63, 3.8) is 0 Å². The van der Waals surface area contributed by atoms with Crippen molar-refractivity contribution in [3.8, 4) is 51.0 Å². The molecule has 0 saturated carbocycles. The number of thiophene rings is 1. The Hall–Kier alpha value is -7.47. The van der Waals surface area contributed by atoms with E-state index in [2.05, 4.69) is 174 Å². The van der Waals surface area contributed by atoms with Crippen LogP contribution in [0.1, 0.15) is 0 Å². The van der Waals surface area contributed by atoms with Crippen molar-refractivity contribution in [3.05, 3.63) is 194 Å². The van der Waals surface area contributed by atoms with Crippen LogP contribution in [-0.4, -0.2) is 19.5 Å². The van der Waals surface area contributed by atoms with Gasteiger partial charge in [-0.2, -0.15) is 0 Å². The number of benzene rings is 9. The fraction of sp³-hybridized carbons (Fsp3) is 0. The fourth-order valence-electron chi connectivity index (χ4n) is 8.76. The zero-order valence-electron chi connectivity index (χ0n) is 31.2. The van der Waals surface area contributed by atoms with Crippen LogP contribution in [0.25, 0.3) is 115 Å². The topological polar surface area (TPSA) is 43.6 Å². The standard InChI is InChI=1S/C53H32N4S/c1-3-13-33(14-4-1)37-19-11-20-38(31-37)52-54-51(36-17-5-2-6-18-36)55-53(56-52)39-25-28-42-47(32-39)58-46-24-12-23-43(48(42)46)57-44-29-26-34-15-7-9-21-40(34)49(44)50-41-22-10-8-16-35(41)27-30-45(50)57/h1-32H. The average Bonchev–Trinajstić information content (AvgIpc) is 3.85. The highest BCUT2D eigenvalue weighted by Crippen LogP contribution is 2.45. The predicted octanol–water partition coefficient (Wildman–Crippen LogP) is 14.3. The van der Waals surface area contributed by atoms with Gasteiger partial charge in [-0.3, -0.25) is 0 Å². The number of hydrogen-bond acceptors (Lipinski definition) is 4. The lowest BCUT2D eigenvalue weighted by molar-refractivity contribution is 1.07. The van der Waals surface area contributed by atoms with Crippen LogP contribution >= 0.6 is 11.3 Å². The van der Waals surface area contributed by atoms with Crippen LogP contribution < -0.4 is 0 Å². The van der Waals surface area contributed by atoms with E-state index in [1.807, 2.05) is 35.6 Å². The minimum Gasteiger partial charge on any atom is -0.309 e. The number of rotatable bonds is 5. The smallest absolute Gasteiger partial charge is 0.164 e. The Balaban J connectivity index is 1.06. The van der Waals surface area contributed by atoms with Gasteiger partial charge in [0, 0.05) is 47.6 Å². The molecule has 0 aliphatic heterocycles. The lowest BCUT2D eigenvalue weighted by atomic mass is 10.00. The summed E-state index contributed by atoms with van der Waals surface area (Å²) in [7, 11) is 0. The number of fused-ring (bicyclic) bond motifs is 10. The lowest BCUT2D eigenvalue weighted by Gasteiger charge is -2.11. The maximum absolute atomic E-state index is 5.15. The summed E-state index contributed by atoms with van der Waals surface area (Å²) in [6.45, 7) is 0. The first-order valence-corrected chi connectivity index (χ1v) is 20.3. The van der Waals surface area contributed by atoms with E-state index in [0.29, 0.717) is 17.5 Å². The molecule has 9 aromatic carbocycles. The van der Waals surface area contributed by atoms with Crippen LogP contribution in [0.4, 0.5) is 0 Å². The van der Waals surface area contributed by atoms with E-state index in [-0.39, 0.29) is 0 Å². The van der Waals surface area contributed by atoms with Crippen molar-refractivity contribution in [1.82, 2.24) is 19.5 Å². The van der Waals surface area contributed by atoms with Gasteiger partial charge in [-0.1, -0.05) is 158 Å². The molecule has 0 bridgehead atoms. The van der Waals surface area contributed by atoms with Gasteiger partial charge in [0.2, 0.25) is 0 Å². The van der Waals surface area contributed by atoms with Crippen LogP contribution in [0.15, 0.2) is 194 Å². The van der Waals surface area contributed by atoms with E-state index in [1.165, 1.54) is 69.2 Å². The maximum atomic E-state index is 5.15. The molecule has 4 nitrogen and oxygen atoms in total. The quantitative estimate of drug-likeness (QED) is 0.176. The third-order valence-electron chi connectivity index (χ3n) is 11.4. The van der Waals surface area contributed by atoms with Gasteiger partial charge >= 0.3 is 0 Å². The first-order valence-electron chi connectivity index (χ1n) is 19.5. The van der Waals surface area contributed by atoms with Crippen LogP contribution in [0.5, 0.6) is 0 Å². The van der Waals surface area contributed by atoms with Crippen molar-refractivity contribution in [2.24, 2.45) is 0 Å². The summed E-state index contributed by atoms with van der Waals surface area (Å²) < 4.78 is 4.91. The Morgan fingerprint density at radius 3 is 1.53 bits per heavy atom. The molecule has 0 aliphatic rings. The number of hydrogen-bond donors (Lipinski definition) is 0. The van der Waals surface area contributed by atoms with E-state index in [4.69, 9.17) is 15.0 Å². The molecule has 3 heterocycles. The molecule has 12 aromatic rings. The molecule has 0 radical (unpaired) electrons. The monoisotopic (exact) mass is 756 g/mol. The SMILES string of the molecule is c1ccc(-c2cccc(-c3nc(-c4ccccc4)nc(-c4ccc5c(c4)sc4cccc(-n6c7ccc8ccccc8c7c7c8ccccc8ccc76)c45)n3)c2)cc1. The number of aromatic nitrogens is 4. The molecule has 0 fully saturated rings. The summed E-state index contributed by atoms with van der Waals surface area (Å²) >= 11 is 1.81. The second-order valence-electron chi connectivity index (χ2n) is 14.8. The van der Waals surface area contributed by atoms with Crippen LogP contribution in [0.3, 0.4) is 0 Å². The van der Waals surface area contributed by atoms with E-state index in [1.54, 1.807) is 0 Å². The predicted molar refractivity (Wildman–Crippen MR) is 244 cm³/mol. The molecule has 58 heavy (non-hydrogen) atoms. The first-order chi connectivity index (χ1) is 28.7. The van der Waals surface area contributed by atoms with Crippen LogP contribution in [0.2, 0.25) is 0 Å². The summed E-state index contributed by atoms with van der Waals surface area (Å²) in [5.41, 5.74) is 8.71. The number of nitrogens with zero attached hydrogens (tertiary/aromatic N) is 4. The highest BCUT2D eigenvalue weighted by molar-refractivity contribution is 7.26. The van der Waals surface area contributed by atoms with Crippen molar-refractivity contribution in [2.75, 3.05) is 0 Å². The van der Waals surface area contributed by atoms with Gasteiger partial charge in [0.05, 0.1) is 16.7 Å². The van der Waals surface area contributed by atoms with Crippen molar-refractivity contribution < 1.29 is 0 Å². The second-order valence-corrected chi connectivity index (χ2v) is 15.9. The van der Waals surface area contributed by atoms with Gasteiger partial charge in [-0.15, -0.1) is 11.3 Å². The maximum Gasteiger partial charge on any atom is 0.164 e. The average molecular weight is 757 g/mol. The molecule has 0 amide bonds. The molecule has 12 rings (SSSR count). The molecule has 0 unspecified atom stereocenters. The Morgan fingerprint density at radius 2 is 0.862 bits per heavy atom. The summed E-state index contributed by atoms with van der Waals surface area (Å²) in [6, 6.07) is 69.1. The van der Waals surface area contributed by atoms with Crippen LogP contribution in [-0.2, 0) is 0 Å². The van der Waals surface area contributed by atoms with E-state index >= 15 is 0 Å². The van der Waals surface area contributed by atoms with E-state index < -0.39 is 0 Å². The Morgan fingerprint density at radius 1 is 0.328 bits per heavy atom. The minimum atomic E-state index is 0.645. The Bertz CT molecular complexity index is 3470. The van der Waals surface area contributed by atoms with Gasteiger partial charge < -0.3 is 4.57 Å². The molecule has 0 atom stereocenters. The Kier molecular flexibility index (Phi) is 7.37. The van der Waals surface area contributed by atoms with Gasteiger partial charge in [0.1, 0.15) is 0 Å². The van der Waals surface area contributed by atoms with Crippen molar-refractivity contribution in [1.29, 1.82) is 0 Å². The van der Waals surface area contributed by atoms with E-state index in [0.717, 1.165) is 27.8 Å². The third-order valence-corrected chi connectivity index (χ3v) is 12.5. The first kappa shape index (κ1) is 32.7. The molecule has 5 heteroatoms. The molecule has 0 spiro atoms.